The Morgan fingerprint density at radius 3 is 2.70 bits per heavy atom. The molecule has 0 spiro atoms. The van der Waals surface area contributed by atoms with Crippen LogP contribution in [0.5, 0.6) is 0 Å². The van der Waals surface area contributed by atoms with E-state index in [1.165, 1.54) is 0 Å². The number of hydrogen-bond acceptors (Lipinski definition) is 7. The highest BCUT2D eigenvalue weighted by Crippen LogP contribution is 2.20. The molecule has 27 heavy (non-hydrogen) atoms. The van der Waals surface area contributed by atoms with Crippen molar-refractivity contribution < 1.29 is 13.5 Å². The predicted octanol–water partition coefficient (Wildman–Crippen LogP) is 1.67. The van der Waals surface area contributed by atoms with Crippen LogP contribution in [0.15, 0.2) is 24.7 Å². The van der Waals surface area contributed by atoms with Crippen LogP contribution in [0.25, 0.3) is 0 Å². The standard InChI is InChI=1S/C18H22F2N6O/c19-15-9-21-10-16(20)14(15)12-25-4-2-13(11-25)23-17-1-3-22-18(24-17)26-5-7-27-8-6-26/h1,3,9-10,13H,2,4-8,11-12H2,(H,22,23,24). The number of aromatic nitrogens is 3. The lowest BCUT2D eigenvalue weighted by molar-refractivity contribution is 0.122. The number of hydrogen-bond donors (Lipinski definition) is 1. The molecule has 4 rings (SSSR count). The molecular weight excluding hydrogens is 354 g/mol. The molecule has 2 aromatic heterocycles. The van der Waals surface area contributed by atoms with Crippen molar-refractivity contribution in [3.05, 3.63) is 41.9 Å². The molecular formula is C18H22F2N6O. The first-order chi connectivity index (χ1) is 13.2. The number of pyridine rings is 1. The second-order valence-corrected chi connectivity index (χ2v) is 6.79. The van der Waals surface area contributed by atoms with Gasteiger partial charge in [0.05, 0.1) is 25.6 Å². The molecule has 2 fully saturated rings. The number of nitrogens with one attached hydrogen (secondary N) is 1. The summed E-state index contributed by atoms with van der Waals surface area (Å²) in [5.41, 5.74) is 0.0716. The third-order valence-corrected chi connectivity index (χ3v) is 4.90. The quantitative estimate of drug-likeness (QED) is 0.852. The Balaban J connectivity index is 1.36. The van der Waals surface area contributed by atoms with Crippen molar-refractivity contribution >= 4 is 11.8 Å². The molecule has 0 amide bonds. The summed E-state index contributed by atoms with van der Waals surface area (Å²) in [7, 11) is 0. The molecule has 0 saturated carbocycles. The van der Waals surface area contributed by atoms with Gasteiger partial charge in [-0.2, -0.15) is 4.98 Å². The Morgan fingerprint density at radius 2 is 1.93 bits per heavy atom. The zero-order chi connectivity index (χ0) is 18.6. The number of anilines is 2. The highest BCUT2D eigenvalue weighted by molar-refractivity contribution is 5.42. The maximum Gasteiger partial charge on any atom is 0.227 e. The van der Waals surface area contributed by atoms with Gasteiger partial charge in [-0.3, -0.25) is 9.88 Å². The van der Waals surface area contributed by atoms with Gasteiger partial charge in [0.2, 0.25) is 5.95 Å². The van der Waals surface area contributed by atoms with Crippen LogP contribution >= 0.6 is 0 Å². The fourth-order valence-electron chi connectivity index (χ4n) is 3.46. The van der Waals surface area contributed by atoms with Gasteiger partial charge in [-0.25, -0.2) is 13.8 Å². The van der Waals surface area contributed by atoms with Crippen LogP contribution in [0, 0.1) is 11.6 Å². The molecule has 2 aromatic rings. The first-order valence-corrected chi connectivity index (χ1v) is 9.11. The number of rotatable bonds is 5. The fraction of sp³-hybridized carbons (Fsp3) is 0.500. The van der Waals surface area contributed by atoms with E-state index in [1.807, 2.05) is 11.0 Å². The second-order valence-electron chi connectivity index (χ2n) is 6.79. The van der Waals surface area contributed by atoms with Gasteiger partial charge < -0.3 is 15.0 Å². The summed E-state index contributed by atoms with van der Waals surface area (Å²) in [4.78, 5) is 16.6. The van der Waals surface area contributed by atoms with Crippen LogP contribution in [-0.2, 0) is 11.3 Å². The molecule has 1 unspecified atom stereocenters. The lowest BCUT2D eigenvalue weighted by Crippen LogP contribution is -2.37. The zero-order valence-corrected chi connectivity index (χ0v) is 14.9. The van der Waals surface area contributed by atoms with E-state index in [-0.39, 0.29) is 18.2 Å². The van der Waals surface area contributed by atoms with Crippen molar-refractivity contribution in [1.29, 1.82) is 0 Å². The van der Waals surface area contributed by atoms with Gasteiger partial charge in [0.25, 0.3) is 0 Å². The van der Waals surface area contributed by atoms with E-state index in [0.29, 0.717) is 25.7 Å². The number of halogens is 2. The molecule has 2 saturated heterocycles. The van der Waals surface area contributed by atoms with E-state index in [4.69, 9.17) is 4.74 Å². The molecule has 7 nitrogen and oxygen atoms in total. The topological polar surface area (TPSA) is 66.4 Å². The van der Waals surface area contributed by atoms with Crippen molar-refractivity contribution in [2.45, 2.75) is 19.0 Å². The van der Waals surface area contributed by atoms with Gasteiger partial charge in [0.15, 0.2) is 0 Å². The van der Waals surface area contributed by atoms with Gasteiger partial charge in [-0.05, 0) is 12.5 Å². The van der Waals surface area contributed by atoms with Crippen LogP contribution in [0.3, 0.4) is 0 Å². The number of likely N-dealkylation sites (tertiary alicyclic amines) is 1. The molecule has 0 aliphatic carbocycles. The Hall–Kier alpha value is -2.39. The van der Waals surface area contributed by atoms with Gasteiger partial charge in [-0.15, -0.1) is 0 Å². The minimum absolute atomic E-state index is 0.0716. The van der Waals surface area contributed by atoms with Crippen LogP contribution in [0.2, 0.25) is 0 Å². The summed E-state index contributed by atoms with van der Waals surface area (Å²) in [5.74, 6) is 0.258. The summed E-state index contributed by atoms with van der Waals surface area (Å²) < 4.78 is 32.9. The van der Waals surface area contributed by atoms with Crippen molar-refractivity contribution in [3.63, 3.8) is 0 Å². The van der Waals surface area contributed by atoms with E-state index in [9.17, 15) is 8.78 Å². The van der Waals surface area contributed by atoms with E-state index >= 15 is 0 Å². The second kappa shape index (κ2) is 8.10. The van der Waals surface area contributed by atoms with Crippen molar-refractivity contribution in [2.75, 3.05) is 49.6 Å². The Labute approximate surface area is 156 Å². The van der Waals surface area contributed by atoms with Crippen molar-refractivity contribution in [2.24, 2.45) is 0 Å². The SMILES string of the molecule is Fc1cncc(F)c1CN1CCC(Nc2ccnc(N3CCOCC3)n2)C1. The summed E-state index contributed by atoms with van der Waals surface area (Å²) in [6.07, 6.45) is 4.73. The smallest absolute Gasteiger partial charge is 0.227 e. The van der Waals surface area contributed by atoms with Crippen LogP contribution in [-0.4, -0.2) is 65.3 Å². The number of nitrogens with zero attached hydrogens (tertiary/aromatic N) is 5. The van der Waals surface area contributed by atoms with E-state index < -0.39 is 11.6 Å². The molecule has 1 N–H and O–H groups in total. The molecule has 2 aliphatic heterocycles. The molecule has 0 bridgehead atoms. The Kier molecular flexibility index (Phi) is 5.40. The van der Waals surface area contributed by atoms with Crippen molar-refractivity contribution in [3.8, 4) is 0 Å². The van der Waals surface area contributed by atoms with E-state index in [0.717, 1.165) is 44.3 Å². The summed E-state index contributed by atoms with van der Waals surface area (Å²) in [6, 6.07) is 2.01. The largest absolute Gasteiger partial charge is 0.378 e. The first kappa shape index (κ1) is 18.0. The first-order valence-electron chi connectivity index (χ1n) is 9.11. The summed E-state index contributed by atoms with van der Waals surface area (Å²) >= 11 is 0. The lowest BCUT2D eigenvalue weighted by atomic mass is 10.2. The summed E-state index contributed by atoms with van der Waals surface area (Å²) in [6.45, 7) is 4.62. The van der Waals surface area contributed by atoms with Gasteiger partial charge in [0, 0.05) is 50.5 Å². The summed E-state index contributed by atoms with van der Waals surface area (Å²) in [5, 5.41) is 3.41. The van der Waals surface area contributed by atoms with Crippen LogP contribution in [0.1, 0.15) is 12.0 Å². The highest BCUT2D eigenvalue weighted by Gasteiger charge is 2.25. The molecule has 4 heterocycles. The molecule has 1 atom stereocenters. The highest BCUT2D eigenvalue weighted by atomic mass is 19.1. The minimum Gasteiger partial charge on any atom is -0.378 e. The average molecular weight is 376 g/mol. The van der Waals surface area contributed by atoms with Crippen molar-refractivity contribution in [1.82, 2.24) is 19.9 Å². The number of morpholine rings is 1. The molecule has 0 radical (unpaired) electrons. The third-order valence-electron chi connectivity index (χ3n) is 4.90. The molecule has 0 aromatic carbocycles. The average Bonchev–Trinajstić information content (AvgIpc) is 3.13. The molecule has 144 valence electrons. The maximum absolute atomic E-state index is 13.8. The molecule has 2 aliphatic rings. The maximum atomic E-state index is 13.8. The third kappa shape index (κ3) is 4.30. The zero-order valence-electron chi connectivity index (χ0n) is 14.9. The van der Waals surface area contributed by atoms with Crippen LogP contribution in [0.4, 0.5) is 20.5 Å². The Bertz CT molecular complexity index is 766. The lowest BCUT2D eigenvalue weighted by Gasteiger charge is -2.27. The normalized spacial score (nSPS) is 20.8. The predicted molar refractivity (Wildman–Crippen MR) is 96.5 cm³/mol. The monoisotopic (exact) mass is 376 g/mol. The van der Waals surface area contributed by atoms with E-state index in [1.54, 1.807) is 6.20 Å². The Morgan fingerprint density at radius 1 is 1.15 bits per heavy atom. The minimum atomic E-state index is -0.600. The van der Waals surface area contributed by atoms with Gasteiger partial charge in [0.1, 0.15) is 17.5 Å². The van der Waals surface area contributed by atoms with Gasteiger partial charge in [-0.1, -0.05) is 0 Å². The fourth-order valence-corrected chi connectivity index (χ4v) is 3.46. The number of ether oxygens (including phenoxy) is 1. The van der Waals surface area contributed by atoms with Crippen LogP contribution < -0.4 is 10.2 Å². The van der Waals surface area contributed by atoms with Gasteiger partial charge >= 0.3 is 0 Å². The van der Waals surface area contributed by atoms with E-state index in [2.05, 4.69) is 25.2 Å². The molecule has 9 heteroatoms.